The molecule has 0 aliphatic carbocycles. The van der Waals surface area contributed by atoms with Crippen LogP contribution in [0.25, 0.3) is 0 Å². The van der Waals surface area contributed by atoms with Gasteiger partial charge in [0.15, 0.2) is 0 Å². The van der Waals surface area contributed by atoms with Crippen LogP contribution in [0.1, 0.15) is 37.8 Å². The Bertz CT molecular complexity index is 701. The Labute approximate surface area is 162 Å². The number of carbonyl (C=O) groups is 2. The molecule has 0 aliphatic rings. The zero-order valence-electron chi connectivity index (χ0n) is 16.4. The molecule has 0 atom stereocenters. The average molecular weight is 367 g/mol. The van der Waals surface area contributed by atoms with E-state index >= 15 is 0 Å². The number of rotatable bonds is 10. The molecule has 2 amide bonds. The van der Waals surface area contributed by atoms with Crippen molar-refractivity contribution in [2.24, 2.45) is 0 Å². The average Bonchev–Trinajstić information content (AvgIpc) is 2.69. The van der Waals surface area contributed by atoms with E-state index < -0.39 is 0 Å². The highest BCUT2D eigenvalue weighted by molar-refractivity contribution is 5.78. The van der Waals surface area contributed by atoms with Gasteiger partial charge in [0, 0.05) is 39.5 Å². The molecule has 0 aliphatic heterocycles. The third-order valence-corrected chi connectivity index (χ3v) is 4.73. The van der Waals surface area contributed by atoms with Gasteiger partial charge in [0.1, 0.15) is 0 Å². The van der Waals surface area contributed by atoms with Crippen LogP contribution in [0, 0.1) is 0 Å². The summed E-state index contributed by atoms with van der Waals surface area (Å²) in [4.78, 5) is 28.2. The van der Waals surface area contributed by atoms with Crippen LogP contribution >= 0.6 is 0 Å². The molecule has 0 aromatic heterocycles. The zero-order valence-corrected chi connectivity index (χ0v) is 16.4. The number of amides is 2. The Morgan fingerprint density at radius 1 is 0.815 bits per heavy atom. The number of nitrogens with zero attached hydrogens (tertiary/aromatic N) is 2. The quantitative estimate of drug-likeness (QED) is 0.640. The second-order valence-electron chi connectivity index (χ2n) is 6.74. The van der Waals surface area contributed by atoms with Gasteiger partial charge in [-0.05, 0) is 30.9 Å². The lowest BCUT2D eigenvalue weighted by molar-refractivity contribution is -0.133. The molecule has 0 unspecified atom stereocenters. The fourth-order valence-electron chi connectivity index (χ4n) is 3.11. The number of benzene rings is 2. The van der Waals surface area contributed by atoms with Crippen molar-refractivity contribution in [3.8, 4) is 0 Å². The van der Waals surface area contributed by atoms with Crippen molar-refractivity contribution in [1.82, 2.24) is 9.80 Å². The Hall–Kier alpha value is -2.62. The van der Waals surface area contributed by atoms with Crippen molar-refractivity contribution in [2.75, 3.05) is 19.6 Å². The summed E-state index contributed by atoms with van der Waals surface area (Å²) in [5.41, 5.74) is 2.40. The Morgan fingerprint density at radius 3 is 1.96 bits per heavy atom. The van der Waals surface area contributed by atoms with Crippen LogP contribution in [0.15, 0.2) is 60.7 Å². The highest BCUT2D eigenvalue weighted by Crippen LogP contribution is 2.08. The predicted octanol–water partition coefficient (Wildman–Crippen LogP) is 3.91. The molecule has 0 heterocycles. The molecule has 27 heavy (non-hydrogen) atoms. The van der Waals surface area contributed by atoms with E-state index in [0.29, 0.717) is 32.6 Å². The minimum Gasteiger partial charge on any atom is -0.342 e. The lowest BCUT2D eigenvalue weighted by Crippen LogP contribution is -2.36. The summed E-state index contributed by atoms with van der Waals surface area (Å²) in [6.45, 7) is 6.01. The summed E-state index contributed by atoms with van der Waals surface area (Å²) < 4.78 is 0. The molecule has 4 heteroatoms. The summed E-state index contributed by atoms with van der Waals surface area (Å²) in [5, 5.41) is 0. The van der Waals surface area contributed by atoms with Crippen molar-refractivity contribution in [3.63, 3.8) is 0 Å². The van der Waals surface area contributed by atoms with Crippen LogP contribution in [0.2, 0.25) is 0 Å². The standard InChI is InChI=1S/C23H30N2O2/c1-3-24(19-22-13-8-5-9-14-22)23(27)16-18-25(20(2)26)17-10-15-21-11-6-4-7-12-21/h4-9,11-14H,3,10,15-19H2,1-2H3. The fourth-order valence-corrected chi connectivity index (χ4v) is 3.11. The van der Waals surface area contributed by atoms with Crippen molar-refractivity contribution < 1.29 is 9.59 Å². The molecule has 4 nitrogen and oxygen atoms in total. The van der Waals surface area contributed by atoms with Crippen LogP contribution in [0.4, 0.5) is 0 Å². The lowest BCUT2D eigenvalue weighted by Gasteiger charge is -2.25. The Balaban J connectivity index is 1.80. The van der Waals surface area contributed by atoms with Crippen LogP contribution in [-0.4, -0.2) is 41.2 Å². The molecular formula is C23H30N2O2. The second kappa shape index (κ2) is 11.2. The molecule has 0 fully saturated rings. The molecule has 0 radical (unpaired) electrons. The molecular weight excluding hydrogens is 336 g/mol. The van der Waals surface area contributed by atoms with Gasteiger partial charge in [0.05, 0.1) is 0 Å². The van der Waals surface area contributed by atoms with Gasteiger partial charge in [0.25, 0.3) is 0 Å². The minimum absolute atomic E-state index is 0.0296. The Kier molecular flexibility index (Phi) is 8.56. The SMILES string of the molecule is CCN(Cc1ccccc1)C(=O)CCN(CCCc1ccccc1)C(C)=O. The first kappa shape index (κ1) is 20.7. The number of hydrogen-bond acceptors (Lipinski definition) is 2. The van der Waals surface area contributed by atoms with Gasteiger partial charge in [-0.2, -0.15) is 0 Å². The molecule has 0 N–H and O–H groups in total. The zero-order chi connectivity index (χ0) is 19.5. The van der Waals surface area contributed by atoms with Crippen LogP contribution in [0.3, 0.4) is 0 Å². The summed E-state index contributed by atoms with van der Waals surface area (Å²) in [7, 11) is 0. The van der Waals surface area contributed by atoms with E-state index in [1.807, 2.05) is 60.4 Å². The van der Waals surface area contributed by atoms with E-state index in [4.69, 9.17) is 0 Å². The van der Waals surface area contributed by atoms with E-state index in [1.165, 1.54) is 5.56 Å². The van der Waals surface area contributed by atoms with Gasteiger partial charge in [-0.3, -0.25) is 9.59 Å². The summed E-state index contributed by atoms with van der Waals surface area (Å²) >= 11 is 0. The first-order valence-electron chi connectivity index (χ1n) is 9.71. The number of carbonyl (C=O) groups excluding carboxylic acids is 2. The van der Waals surface area contributed by atoms with E-state index in [2.05, 4.69) is 12.1 Å². The largest absolute Gasteiger partial charge is 0.342 e. The van der Waals surface area contributed by atoms with E-state index in [9.17, 15) is 9.59 Å². The summed E-state index contributed by atoms with van der Waals surface area (Å²) in [6, 6.07) is 20.3. The maximum Gasteiger partial charge on any atom is 0.224 e. The van der Waals surface area contributed by atoms with E-state index in [1.54, 1.807) is 11.8 Å². The molecule has 2 aromatic carbocycles. The lowest BCUT2D eigenvalue weighted by atomic mass is 10.1. The molecule has 144 valence electrons. The van der Waals surface area contributed by atoms with Crippen molar-refractivity contribution in [3.05, 3.63) is 71.8 Å². The highest BCUT2D eigenvalue weighted by atomic mass is 16.2. The third-order valence-electron chi connectivity index (χ3n) is 4.73. The van der Waals surface area contributed by atoms with Crippen LogP contribution in [-0.2, 0) is 22.6 Å². The molecule has 0 bridgehead atoms. The highest BCUT2D eigenvalue weighted by Gasteiger charge is 2.15. The summed E-state index contributed by atoms with van der Waals surface area (Å²) in [6.07, 6.45) is 2.21. The van der Waals surface area contributed by atoms with E-state index in [0.717, 1.165) is 18.4 Å². The van der Waals surface area contributed by atoms with Gasteiger partial charge in [-0.1, -0.05) is 60.7 Å². The van der Waals surface area contributed by atoms with Gasteiger partial charge >= 0.3 is 0 Å². The first-order chi connectivity index (χ1) is 13.1. The second-order valence-corrected chi connectivity index (χ2v) is 6.74. The molecule has 2 aromatic rings. The third kappa shape index (κ3) is 7.26. The van der Waals surface area contributed by atoms with Gasteiger partial charge < -0.3 is 9.80 Å². The topological polar surface area (TPSA) is 40.6 Å². The number of hydrogen-bond donors (Lipinski definition) is 0. The molecule has 0 spiro atoms. The normalized spacial score (nSPS) is 10.4. The molecule has 0 saturated carbocycles. The van der Waals surface area contributed by atoms with Crippen molar-refractivity contribution in [2.45, 2.75) is 39.7 Å². The monoisotopic (exact) mass is 366 g/mol. The van der Waals surface area contributed by atoms with Crippen molar-refractivity contribution in [1.29, 1.82) is 0 Å². The van der Waals surface area contributed by atoms with Gasteiger partial charge in [0.2, 0.25) is 11.8 Å². The van der Waals surface area contributed by atoms with Gasteiger partial charge in [-0.15, -0.1) is 0 Å². The van der Waals surface area contributed by atoms with E-state index in [-0.39, 0.29) is 11.8 Å². The first-order valence-corrected chi connectivity index (χ1v) is 9.71. The predicted molar refractivity (Wildman–Crippen MR) is 109 cm³/mol. The summed E-state index contributed by atoms with van der Waals surface area (Å²) in [5.74, 6) is 0.123. The van der Waals surface area contributed by atoms with Gasteiger partial charge in [-0.25, -0.2) is 0 Å². The smallest absolute Gasteiger partial charge is 0.224 e. The van der Waals surface area contributed by atoms with Crippen LogP contribution < -0.4 is 0 Å². The minimum atomic E-state index is 0.0296. The van der Waals surface area contributed by atoms with Crippen LogP contribution in [0.5, 0.6) is 0 Å². The number of aryl methyl sites for hydroxylation is 1. The molecule has 2 rings (SSSR count). The Morgan fingerprint density at radius 2 is 1.41 bits per heavy atom. The maximum atomic E-state index is 12.6. The maximum absolute atomic E-state index is 12.6. The fraction of sp³-hybridized carbons (Fsp3) is 0.391. The molecule has 0 saturated heterocycles. The van der Waals surface area contributed by atoms with Crippen molar-refractivity contribution >= 4 is 11.8 Å².